The third-order valence-electron chi connectivity index (χ3n) is 6.73. The fourth-order valence-electron chi connectivity index (χ4n) is 5.03. The van der Waals surface area contributed by atoms with E-state index in [1.54, 1.807) is 0 Å². The third kappa shape index (κ3) is 3.00. The van der Waals surface area contributed by atoms with Gasteiger partial charge in [-0.05, 0) is 53.9 Å². The van der Waals surface area contributed by atoms with Crippen LogP contribution >= 0.6 is 0 Å². The van der Waals surface area contributed by atoms with Crippen LogP contribution in [0.3, 0.4) is 0 Å². The molecular formula is C31H23N2O+. The van der Waals surface area contributed by atoms with Crippen molar-refractivity contribution in [3.63, 3.8) is 0 Å². The minimum absolute atomic E-state index is 0.570. The molecule has 3 nitrogen and oxygen atoms in total. The molecule has 0 radical (unpaired) electrons. The predicted octanol–water partition coefficient (Wildman–Crippen LogP) is 7.39. The molecule has 4 aromatic carbocycles. The number of hydrogen-bond donors (Lipinski definition) is 0. The summed E-state index contributed by atoms with van der Waals surface area (Å²) in [6.07, 6.45) is 2.12. The van der Waals surface area contributed by atoms with Crippen LogP contribution in [-0.2, 0) is 7.05 Å². The zero-order chi connectivity index (χ0) is 23.4. The second-order valence-corrected chi connectivity index (χ2v) is 8.98. The molecule has 0 fully saturated rings. The molecule has 0 aliphatic heterocycles. The summed E-state index contributed by atoms with van der Waals surface area (Å²) in [5.41, 5.74) is 8.42. The Balaban J connectivity index is 1.64. The standard InChI is InChI=1S/C31H23N2O/c1-19-8-15-28(33(3)18-19)29-20(2)9-12-26-25-14-13-24(27(17-32)30(25)34-31(26)29)23-11-10-21-6-4-5-7-22(21)16-23/h4-16,18H,1-3H3/q+1. The summed E-state index contributed by atoms with van der Waals surface area (Å²) < 4.78 is 8.67. The summed E-state index contributed by atoms with van der Waals surface area (Å²) in [7, 11) is 2.06. The second-order valence-electron chi connectivity index (χ2n) is 8.98. The lowest BCUT2D eigenvalue weighted by atomic mass is 9.95. The smallest absolute Gasteiger partial charge is 0.216 e. The number of hydrogen-bond acceptors (Lipinski definition) is 2. The highest BCUT2D eigenvalue weighted by Gasteiger charge is 2.22. The fourth-order valence-corrected chi connectivity index (χ4v) is 5.03. The minimum atomic E-state index is 0.570. The average molecular weight is 440 g/mol. The van der Waals surface area contributed by atoms with E-state index in [2.05, 4.69) is 98.4 Å². The fraction of sp³-hybridized carbons (Fsp3) is 0.0968. The molecule has 0 bridgehead atoms. The van der Waals surface area contributed by atoms with Gasteiger partial charge in [0.05, 0.1) is 5.56 Å². The molecule has 3 heteroatoms. The van der Waals surface area contributed by atoms with Crippen LogP contribution in [0.15, 0.2) is 89.5 Å². The van der Waals surface area contributed by atoms with Crippen molar-refractivity contribution in [3.05, 3.63) is 102 Å². The SMILES string of the molecule is Cc1ccc(-c2c(C)ccc3c2oc2c(C#N)c(-c4ccc5ccccc5c4)ccc23)[n+](C)c1. The molecule has 0 saturated carbocycles. The van der Waals surface area contributed by atoms with Crippen molar-refractivity contribution in [3.8, 4) is 28.5 Å². The quantitative estimate of drug-likeness (QED) is 0.264. The summed E-state index contributed by atoms with van der Waals surface area (Å²) in [5.74, 6) is 0. The van der Waals surface area contributed by atoms with Crippen LogP contribution in [0, 0.1) is 25.2 Å². The summed E-state index contributed by atoms with van der Waals surface area (Å²) in [6.45, 7) is 4.19. The molecule has 0 spiro atoms. The van der Waals surface area contributed by atoms with E-state index in [1.807, 2.05) is 18.2 Å². The van der Waals surface area contributed by atoms with Gasteiger partial charge in [0.1, 0.15) is 24.3 Å². The number of fused-ring (bicyclic) bond motifs is 4. The van der Waals surface area contributed by atoms with E-state index >= 15 is 0 Å². The predicted molar refractivity (Wildman–Crippen MR) is 137 cm³/mol. The maximum absolute atomic E-state index is 10.2. The Morgan fingerprint density at radius 3 is 2.35 bits per heavy atom. The first kappa shape index (κ1) is 20.2. The van der Waals surface area contributed by atoms with Gasteiger partial charge in [0.2, 0.25) is 5.69 Å². The Labute approximate surface area is 198 Å². The molecule has 0 atom stereocenters. The lowest BCUT2D eigenvalue weighted by Gasteiger charge is -2.07. The Morgan fingerprint density at radius 2 is 1.56 bits per heavy atom. The van der Waals surface area contributed by atoms with Gasteiger partial charge in [0.25, 0.3) is 0 Å². The van der Waals surface area contributed by atoms with Gasteiger partial charge < -0.3 is 4.42 Å². The summed E-state index contributed by atoms with van der Waals surface area (Å²) in [5, 5.41) is 14.5. The van der Waals surface area contributed by atoms with E-state index in [4.69, 9.17) is 4.42 Å². The zero-order valence-electron chi connectivity index (χ0n) is 19.4. The van der Waals surface area contributed by atoms with Crippen LogP contribution in [0.1, 0.15) is 16.7 Å². The highest BCUT2D eigenvalue weighted by atomic mass is 16.3. The Bertz CT molecular complexity index is 1800. The molecule has 0 aliphatic rings. The first-order valence-electron chi connectivity index (χ1n) is 11.4. The van der Waals surface area contributed by atoms with Crippen molar-refractivity contribution in [2.24, 2.45) is 7.05 Å². The van der Waals surface area contributed by atoms with Gasteiger partial charge in [-0.15, -0.1) is 0 Å². The molecule has 0 N–H and O–H groups in total. The van der Waals surface area contributed by atoms with Crippen LogP contribution in [0.4, 0.5) is 0 Å². The molecule has 0 unspecified atom stereocenters. The van der Waals surface area contributed by atoms with Crippen molar-refractivity contribution in [2.45, 2.75) is 13.8 Å². The van der Waals surface area contributed by atoms with Gasteiger partial charge in [-0.3, -0.25) is 0 Å². The van der Waals surface area contributed by atoms with Gasteiger partial charge >= 0.3 is 0 Å². The largest absolute Gasteiger partial charge is 0.454 e. The van der Waals surface area contributed by atoms with Crippen molar-refractivity contribution < 1.29 is 8.98 Å². The van der Waals surface area contributed by atoms with Gasteiger partial charge in [0, 0.05) is 28.0 Å². The summed E-state index contributed by atoms with van der Waals surface area (Å²) >= 11 is 0. The molecule has 6 aromatic rings. The third-order valence-corrected chi connectivity index (χ3v) is 6.73. The van der Waals surface area contributed by atoms with Crippen molar-refractivity contribution in [2.75, 3.05) is 0 Å². The van der Waals surface area contributed by atoms with Gasteiger partial charge in [-0.1, -0.05) is 54.6 Å². The van der Waals surface area contributed by atoms with Crippen LogP contribution in [-0.4, -0.2) is 0 Å². The number of aryl methyl sites for hydroxylation is 3. The number of furan rings is 1. The molecule has 2 heterocycles. The molecule has 6 rings (SSSR count). The first-order valence-corrected chi connectivity index (χ1v) is 11.4. The normalized spacial score (nSPS) is 11.4. The van der Waals surface area contributed by atoms with E-state index in [1.165, 1.54) is 10.9 Å². The van der Waals surface area contributed by atoms with Gasteiger partial charge in [-0.25, -0.2) is 4.57 Å². The zero-order valence-corrected chi connectivity index (χ0v) is 19.4. The van der Waals surface area contributed by atoms with E-state index in [9.17, 15) is 5.26 Å². The van der Waals surface area contributed by atoms with Crippen LogP contribution in [0.2, 0.25) is 0 Å². The number of nitriles is 1. The highest BCUT2D eigenvalue weighted by molar-refractivity contribution is 6.12. The Kier molecular flexibility index (Phi) is 4.50. The number of pyridine rings is 1. The maximum atomic E-state index is 10.2. The average Bonchev–Trinajstić information content (AvgIpc) is 3.22. The van der Waals surface area contributed by atoms with Crippen LogP contribution in [0.25, 0.3) is 55.1 Å². The molecule has 34 heavy (non-hydrogen) atoms. The van der Waals surface area contributed by atoms with E-state index in [0.717, 1.165) is 49.7 Å². The molecule has 162 valence electrons. The van der Waals surface area contributed by atoms with E-state index in [0.29, 0.717) is 11.1 Å². The number of aromatic nitrogens is 1. The summed E-state index contributed by atoms with van der Waals surface area (Å²) in [4.78, 5) is 0. The van der Waals surface area contributed by atoms with E-state index < -0.39 is 0 Å². The number of benzene rings is 4. The lowest BCUT2D eigenvalue weighted by Crippen LogP contribution is -2.31. The topological polar surface area (TPSA) is 40.8 Å². The lowest BCUT2D eigenvalue weighted by molar-refractivity contribution is -0.660. The molecule has 0 amide bonds. The molecule has 0 saturated heterocycles. The van der Waals surface area contributed by atoms with Crippen molar-refractivity contribution in [1.82, 2.24) is 0 Å². The maximum Gasteiger partial charge on any atom is 0.216 e. The molecule has 2 aromatic heterocycles. The van der Waals surface area contributed by atoms with Crippen LogP contribution < -0.4 is 4.57 Å². The first-order chi connectivity index (χ1) is 16.5. The minimum Gasteiger partial charge on any atom is -0.454 e. The second kappa shape index (κ2) is 7.57. The van der Waals surface area contributed by atoms with Gasteiger partial charge in [-0.2, -0.15) is 5.26 Å². The number of rotatable bonds is 2. The Morgan fingerprint density at radius 1 is 0.794 bits per heavy atom. The van der Waals surface area contributed by atoms with Crippen molar-refractivity contribution >= 4 is 32.7 Å². The highest BCUT2D eigenvalue weighted by Crippen LogP contribution is 2.40. The molecule has 0 aliphatic carbocycles. The van der Waals surface area contributed by atoms with E-state index in [-0.39, 0.29) is 0 Å². The van der Waals surface area contributed by atoms with Crippen molar-refractivity contribution in [1.29, 1.82) is 5.26 Å². The number of nitrogens with zero attached hydrogens (tertiary/aromatic N) is 2. The van der Waals surface area contributed by atoms with Crippen LogP contribution in [0.5, 0.6) is 0 Å². The summed E-state index contributed by atoms with van der Waals surface area (Å²) in [6, 6.07) is 29.7. The molecular weight excluding hydrogens is 416 g/mol. The Hall–Kier alpha value is -4.42. The van der Waals surface area contributed by atoms with Gasteiger partial charge in [0.15, 0.2) is 11.8 Å². The monoisotopic (exact) mass is 439 g/mol.